The number of aryl methyl sites for hydroxylation is 1. The molecule has 3 N–H and O–H groups in total. The van der Waals surface area contributed by atoms with Crippen LogP contribution in [0.15, 0.2) is 12.1 Å². The zero-order chi connectivity index (χ0) is 15.1. The van der Waals surface area contributed by atoms with Crippen molar-refractivity contribution in [2.24, 2.45) is 5.92 Å². The van der Waals surface area contributed by atoms with E-state index in [-0.39, 0.29) is 17.4 Å². The predicted molar refractivity (Wildman–Crippen MR) is 78.0 cm³/mol. The standard InChI is InChI=1S/C16H23NO3/c1-9-5-11(13-7-10(8-17-13)15(19)20)14(18)12(6-9)16(2,3)4/h5-6,10,13,17-18H,7-8H2,1-4H3,(H,19,20). The summed E-state index contributed by atoms with van der Waals surface area (Å²) in [7, 11) is 0. The Balaban J connectivity index is 2.38. The number of nitrogens with one attached hydrogen (secondary N) is 1. The number of phenolic OH excluding ortho intramolecular Hbond substituents is 1. The molecule has 20 heavy (non-hydrogen) atoms. The average Bonchev–Trinajstić information content (AvgIpc) is 2.79. The zero-order valence-corrected chi connectivity index (χ0v) is 12.5. The third-order valence-electron chi connectivity index (χ3n) is 3.95. The van der Waals surface area contributed by atoms with Crippen LogP contribution in [-0.4, -0.2) is 22.7 Å². The summed E-state index contributed by atoms with van der Waals surface area (Å²) < 4.78 is 0. The van der Waals surface area contributed by atoms with Crippen LogP contribution in [0.25, 0.3) is 0 Å². The van der Waals surface area contributed by atoms with Crippen molar-refractivity contribution in [1.82, 2.24) is 5.32 Å². The van der Waals surface area contributed by atoms with E-state index >= 15 is 0 Å². The molecule has 0 aliphatic carbocycles. The number of carboxylic acid groups (broad SMARTS) is 1. The first kappa shape index (κ1) is 14.9. The molecule has 1 saturated heterocycles. The number of carboxylic acids is 1. The van der Waals surface area contributed by atoms with Crippen LogP contribution in [0, 0.1) is 12.8 Å². The van der Waals surface area contributed by atoms with Crippen LogP contribution in [0.2, 0.25) is 0 Å². The van der Waals surface area contributed by atoms with Gasteiger partial charge in [0.2, 0.25) is 0 Å². The average molecular weight is 277 g/mol. The Kier molecular flexibility index (Phi) is 3.78. The minimum absolute atomic E-state index is 0.0860. The van der Waals surface area contributed by atoms with Crippen LogP contribution in [-0.2, 0) is 10.2 Å². The van der Waals surface area contributed by atoms with Crippen molar-refractivity contribution in [2.75, 3.05) is 6.54 Å². The van der Waals surface area contributed by atoms with Crippen LogP contribution in [0.1, 0.15) is 49.9 Å². The molecule has 0 bridgehead atoms. The maximum absolute atomic E-state index is 11.1. The Morgan fingerprint density at radius 1 is 1.35 bits per heavy atom. The first-order valence-electron chi connectivity index (χ1n) is 7.00. The molecule has 0 amide bonds. The van der Waals surface area contributed by atoms with Crippen LogP contribution in [0.3, 0.4) is 0 Å². The molecule has 1 aliphatic heterocycles. The number of benzene rings is 1. The molecule has 2 unspecified atom stereocenters. The van der Waals surface area contributed by atoms with E-state index in [1.54, 1.807) is 0 Å². The summed E-state index contributed by atoms with van der Waals surface area (Å²) in [5.74, 6) is -0.854. The van der Waals surface area contributed by atoms with Gasteiger partial charge in [-0.1, -0.05) is 38.5 Å². The summed E-state index contributed by atoms with van der Waals surface area (Å²) in [6.45, 7) is 8.65. The van der Waals surface area contributed by atoms with Crippen LogP contribution in [0.4, 0.5) is 0 Å². The highest BCUT2D eigenvalue weighted by Crippen LogP contribution is 2.40. The van der Waals surface area contributed by atoms with Crippen molar-refractivity contribution in [3.8, 4) is 5.75 Å². The quantitative estimate of drug-likeness (QED) is 0.777. The highest BCUT2D eigenvalue weighted by atomic mass is 16.4. The topological polar surface area (TPSA) is 69.6 Å². The highest BCUT2D eigenvalue weighted by molar-refractivity contribution is 5.71. The molecule has 4 heteroatoms. The Morgan fingerprint density at radius 2 is 2.00 bits per heavy atom. The van der Waals surface area contributed by atoms with Crippen molar-refractivity contribution >= 4 is 5.97 Å². The lowest BCUT2D eigenvalue weighted by Crippen LogP contribution is -2.18. The van der Waals surface area contributed by atoms with Crippen molar-refractivity contribution < 1.29 is 15.0 Å². The lowest BCUT2D eigenvalue weighted by molar-refractivity contribution is -0.141. The maximum atomic E-state index is 11.1. The molecule has 1 aromatic rings. The molecule has 110 valence electrons. The highest BCUT2D eigenvalue weighted by Gasteiger charge is 2.33. The fraction of sp³-hybridized carbons (Fsp3) is 0.562. The smallest absolute Gasteiger partial charge is 0.307 e. The van der Waals surface area contributed by atoms with Gasteiger partial charge >= 0.3 is 5.97 Å². The van der Waals surface area contributed by atoms with E-state index in [1.807, 2.05) is 19.1 Å². The number of aromatic hydroxyl groups is 1. The second-order valence-corrected chi connectivity index (χ2v) is 6.73. The zero-order valence-electron chi connectivity index (χ0n) is 12.5. The fourth-order valence-electron chi connectivity index (χ4n) is 2.80. The first-order valence-corrected chi connectivity index (χ1v) is 7.00. The Bertz CT molecular complexity index is 531. The summed E-state index contributed by atoms with van der Waals surface area (Å²) in [5.41, 5.74) is 2.67. The molecule has 1 aromatic carbocycles. The second kappa shape index (κ2) is 5.09. The monoisotopic (exact) mass is 277 g/mol. The van der Waals surface area contributed by atoms with Gasteiger partial charge in [0.05, 0.1) is 5.92 Å². The fourth-order valence-corrected chi connectivity index (χ4v) is 2.80. The molecular formula is C16H23NO3. The largest absolute Gasteiger partial charge is 0.507 e. The first-order chi connectivity index (χ1) is 9.20. The number of hydrogen-bond donors (Lipinski definition) is 3. The van der Waals surface area contributed by atoms with Crippen LogP contribution < -0.4 is 5.32 Å². The maximum Gasteiger partial charge on any atom is 0.307 e. The van der Waals surface area contributed by atoms with Gasteiger partial charge in [-0.25, -0.2) is 0 Å². The van der Waals surface area contributed by atoms with Gasteiger partial charge in [0.25, 0.3) is 0 Å². The van der Waals surface area contributed by atoms with Crippen LogP contribution >= 0.6 is 0 Å². The molecule has 0 aromatic heterocycles. The molecule has 1 heterocycles. The lowest BCUT2D eigenvalue weighted by Gasteiger charge is -2.24. The lowest BCUT2D eigenvalue weighted by atomic mass is 9.83. The number of aliphatic carboxylic acids is 1. The predicted octanol–water partition coefficient (Wildman–Crippen LogP) is 2.73. The molecule has 2 atom stereocenters. The molecule has 0 radical (unpaired) electrons. The van der Waals surface area contributed by atoms with Gasteiger partial charge in [-0.15, -0.1) is 0 Å². The van der Waals surface area contributed by atoms with E-state index in [1.165, 1.54) is 0 Å². The Morgan fingerprint density at radius 3 is 2.50 bits per heavy atom. The minimum atomic E-state index is -0.775. The van der Waals surface area contributed by atoms with Crippen molar-refractivity contribution in [2.45, 2.75) is 45.6 Å². The summed E-state index contributed by atoms with van der Waals surface area (Å²) in [4.78, 5) is 11.1. The van der Waals surface area contributed by atoms with Gasteiger partial charge in [0.1, 0.15) is 5.75 Å². The SMILES string of the molecule is Cc1cc(C2CC(C(=O)O)CN2)c(O)c(C(C)(C)C)c1. The summed E-state index contributed by atoms with van der Waals surface area (Å²) >= 11 is 0. The van der Waals surface area contributed by atoms with E-state index in [2.05, 4.69) is 26.1 Å². The number of rotatable bonds is 2. The van der Waals surface area contributed by atoms with Gasteiger partial charge in [-0.05, 0) is 24.3 Å². The normalized spacial score (nSPS) is 23.0. The molecule has 0 spiro atoms. The van der Waals surface area contributed by atoms with E-state index in [0.29, 0.717) is 18.7 Å². The number of carbonyl (C=O) groups is 1. The molecular weight excluding hydrogens is 254 g/mol. The van der Waals surface area contributed by atoms with Gasteiger partial charge in [0.15, 0.2) is 0 Å². The van der Waals surface area contributed by atoms with Crippen molar-refractivity contribution in [3.63, 3.8) is 0 Å². The van der Waals surface area contributed by atoms with Crippen LogP contribution in [0.5, 0.6) is 5.75 Å². The second-order valence-electron chi connectivity index (χ2n) is 6.73. The van der Waals surface area contributed by atoms with E-state index < -0.39 is 5.97 Å². The van der Waals surface area contributed by atoms with Gasteiger partial charge in [-0.2, -0.15) is 0 Å². The van der Waals surface area contributed by atoms with Crippen molar-refractivity contribution in [1.29, 1.82) is 0 Å². The third-order valence-corrected chi connectivity index (χ3v) is 3.95. The Hall–Kier alpha value is -1.55. The summed E-state index contributed by atoms with van der Waals surface area (Å²) in [5, 5.41) is 22.8. The van der Waals surface area contributed by atoms with Crippen molar-refractivity contribution in [3.05, 3.63) is 28.8 Å². The molecule has 2 rings (SSSR count). The van der Waals surface area contributed by atoms with E-state index in [4.69, 9.17) is 5.11 Å². The van der Waals surface area contributed by atoms with Gasteiger partial charge in [0, 0.05) is 18.2 Å². The molecule has 1 fully saturated rings. The summed E-state index contributed by atoms with van der Waals surface area (Å²) in [6, 6.07) is 3.87. The molecule has 1 aliphatic rings. The number of phenols is 1. The van der Waals surface area contributed by atoms with E-state index in [9.17, 15) is 9.90 Å². The third kappa shape index (κ3) is 2.80. The Labute approximate surface area is 119 Å². The summed E-state index contributed by atoms with van der Waals surface area (Å²) in [6.07, 6.45) is 0.524. The number of hydrogen-bond acceptors (Lipinski definition) is 3. The van der Waals surface area contributed by atoms with Gasteiger partial charge < -0.3 is 15.5 Å². The molecule has 0 saturated carbocycles. The minimum Gasteiger partial charge on any atom is -0.507 e. The van der Waals surface area contributed by atoms with Gasteiger partial charge in [-0.3, -0.25) is 4.79 Å². The van der Waals surface area contributed by atoms with E-state index in [0.717, 1.165) is 16.7 Å². The molecule has 4 nitrogen and oxygen atoms in total.